The summed E-state index contributed by atoms with van der Waals surface area (Å²) in [5.74, 6) is 0.502. The van der Waals surface area contributed by atoms with Gasteiger partial charge in [-0.2, -0.15) is 4.37 Å². The molecule has 0 spiro atoms. The van der Waals surface area contributed by atoms with Crippen molar-refractivity contribution in [1.82, 2.24) is 14.2 Å². The monoisotopic (exact) mass is 397 g/mol. The van der Waals surface area contributed by atoms with Crippen molar-refractivity contribution >= 4 is 45.2 Å². The van der Waals surface area contributed by atoms with Crippen LogP contribution in [-0.2, 0) is 4.79 Å². The van der Waals surface area contributed by atoms with Crippen LogP contribution in [-0.4, -0.2) is 57.9 Å². The van der Waals surface area contributed by atoms with Gasteiger partial charge < -0.3 is 9.80 Å². The molecule has 0 atom stereocenters. The summed E-state index contributed by atoms with van der Waals surface area (Å²) < 4.78 is 5.38. The fourth-order valence-corrected chi connectivity index (χ4v) is 4.69. The Balaban J connectivity index is 1.33. The minimum Gasteiger partial charge on any atom is -0.338 e. The summed E-state index contributed by atoms with van der Waals surface area (Å²) in [6.45, 7) is 2.24. The van der Waals surface area contributed by atoms with Gasteiger partial charge in [-0.25, -0.2) is 0 Å². The summed E-state index contributed by atoms with van der Waals surface area (Å²) in [7, 11) is 0. The maximum absolute atomic E-state index is 12.8. The number of amides is 2. The lowest BCUT2D eigenvalue weighted by molar-refractivity contribution is -0.129. The first-order valence-electron chi connectivity index (χ1n) is 8.82. The van der Waals surface area contributed by atoms with Crippen LogP contribution in [0.5, 0.6) is 0 Å². The van der Waals surface area contributed by atoms with E-state index in [0.717, 1.165) is 15.0 Å². The molecule has 4 rings (SSSR count). The van der Waals surface area contributed by atoms with E-state index in [-0.39, 0.29) is 11.8 Å². The van der Waals surface area contributed by atoms with Gasteiger partial charge >= 0.3 is 0 Å². The van der Waals surface area contributed by atoms with E-state index in [1.165, 1.54) is 11.5 Å². The van der Waals surface area contributed by atoms with Gasteiger partial charge in [0, 0.05) is 36.5 Å². The molecule has 0 aliphatic carbocycles. The van der Waals surface area contributed by atoms with Crippen LogP contribution in [0, 0.1) is 0 Å². The first-order valence-corrected chi connectivity index (χ1v) is 10.6. The van der Waals surface area contributed by atoms with E-state index < -0.39 is 0 Å². The van der Waals surface area contributed by atoms with Gasteiger partial charge in [-0.1, -0.05) is 36.4 Å². The molecule has 1 fully saturated rings. The molecular weight excluding hydrogens is 378 g/mol. The second-order valence-electron chi connectivity index (χ2n) is 6.30. The minimum atomic E-state index is -0.0433. The van der Waals surface area contributed by atoms with Crippen LogP contribution in [0.4, 0.5) is 0 Å². The number of benzene rings is 2. The topological polar surface area (TPSA) is 53.5 Å². The summed E-state index contributed by atoms with van der Waals surface area (Å²) in [4.78, 5) is 30.0. The standard InChI is InChI=1S/C20H19N3O2S2/c24-18(14-26-15-6-2-1-3-7-15)22-10-12-23(13-11-22)20(25)19-16-8-4-5-9-17(16)27-21-19/h1-9H,10-14H2. The molecular formula is C20H19N3O2S2. The first kappa shape index (κ1) is 18.0. The first-order chi connectivity index (χ1) is 13.2. The number of aromatic nitrogens is 1. The molecule has 2 amide bonds. The summed E-state index contributed by atoms with van der Waals surface area (Å²) in [6, 6.07) is 17.7. The van der Waals surface area contributed by atoms with Crippen LogP contribution in [0.2, 0.25) is 0 Å². The van der Waals surface area contributed by atoms with Gasteiger partial charge in [0.25, 0.3) is 5.91 Å². The number of nitrogens with zero attached hydrogens (tertiary/aromatic N) is 3. The van der Waals surface area contributed by atoms with Crippen molar-refractivity contribution in [2.45, 2.75) is 4.90 Å². The summed E-state index contributed by atoms with van der Waals surface area (Å²) in [5, 5.41) is 0.908. The van der Waals surface area contributed by atoms with Crippen LogP contribution in [0.3, 0.4) is 0 Å². The van der Waals surface area contributed by atoms with Crippen molar-refractivity contribution in [3.8, 4) is 0 Å². The quantitative estimate of drug-likeness (QED) is 0.634. The smallest absolute Gasteiger partial charge is 0.274 e. The Morgan fingerprint density at radius 1 is 0.926 bits per heavy atom. The van der Waals surface area contributed by atoms with Crippen LogP contribution in [0.15, 0.2) is 59.5 Å². The SMILES string of the molecule is O=C(CSc1ccccc1)N1CCN(C(=O)c2nsc3ccccc23)CC1. The fraction of sp³-hybridized carbons (Fsp3) is 0.250. The Morgan fingerprint density at radius 2 is 1.59 bits per heavy atom. The second-order valence-corrected chi connectivity index (χ2v) is 8.16. The van der Waals surface area contributed by atoms with E-state index in [4.69, 9.17) is 0 Å². The Morgan fingerprint density at radius 3 is 2.37 bits per heavy atom. The highest BCUT2D eigenvalue weighted by Gasteiger charge is 2.27. The molecule has 2 heterocycles. The number of hydrogen-bond acceptors (Lipinski definition) is 5. The molecule has 3 aromatic rings. The van der Waals surface area contributed by atoms with E-state index in [0.29, 0.717) is 37.6 Å². The number of carbonyl (C=O) groups excluding carboxylic acids is 2. The van der Waals surface area contributed by atoms with Gasteiger partial charge in [0.2, 0.25) is 5.91 Å². The molecule has 27 heavy (non-hydrogen) atoms. The lowest BCUT2D eigenvalue weighted by Crippen LogP contribution is -2.51. The zero-order valence-electron chi connectivity index (χ0n) is 14.7. The lowest BCUT2D eigenvalue weighted by atomic mass is 10.2. The van der Waals surface area contributed by atoms with Crippen molar-refractivity contribution in [1.29, 1.82) is 0 Å². The van der Waals surface area contributed by atoms with Crippen molar-refractivity contribution < 1.29 is 9.59 Å². The van der Waals surface area contributed by atoms with Crippen LogP contribution < -0.4 is 0 Å². The molecule has 0 bridgehead atoms. The Labute approximate surface area is 166 Å². The van der Waals surface area contributed by atoms with Gasteiger partial charge in [-0.15, -0.1) is 11.8 Å². The number of thioether (sulfide) groups is 1. The summed E-state index contributed by atoms with van der Waals surface area (Å²) in [6.07, 6.45) is 0. The molecule has 5 nitrogen and oxygen atoms in total. The zero-order valence-corrected chi connectivity index (χ0v) is 16.3. The highest BCUT2D eigenvalue weighted by molar-refractivity contribution is 8.00. The Hall–Kier alpha value is -2.38. The third-order valence-electron chi connectivity index (χ3n) is 4.61. The predicted molar refractivity (Wildman–Crippen MR) is 109 cm³/mol. The number of piperazine rings is 1. The zero-order chi connectivity index (χ0) is 18.6. The van der Waals surface area contributed by atoms with Gasteiger partial charge in [0.1, 0.15) is 5.69 Å². The molecule has 1 aromatic heterocycles. The van der Waals surface area contributed by atoms with E-state index in [1.807, 2.05) is 59.5 Å². The third-order valence-corrected chi connectivity index (χ3v) is 6.43. The van der Waals surface area contributed by atoms with E-state index in [9.17, 15) is 9.59 Å². The highest BCUT2D eigenvalue weighted by Crippen LogP contribution is 2.24. The molecule has 0 unspecified atom stereocenters. The number of carbonyl (C=O) groups is 2. The second kappa shape index (κ2) is 8.10. The Kier molecular flexibility index (Phi) is 5.40. The van der Waals surface area contributed by atoms with Crippen LogP contribution in [0.1, 0.15) is 10.5 Å². The normalized spacial score (nSPS) is 14.5. The molecule has 138 valence electrons. The maximum atomic E-state index is 12.8. The largest absolute Gasteiger partial charge is 0.338 e. The van der Waals surface area contributed by atoms with E-state index >= 15 is 0 Å². The van der Waals surface area contributed by atoms with Crippen molar-refractivity contribution in [2.24, 2.45) is 0 Å². The number of rotatable bonds is 4. The van der Waals surface area contributed by atoms with Gasteiger partial charge in [-0.05, 0) is 29.7 Å². The van der Waals surface area contributed by atoms with E-state index in [2.05, 4.69) is 4.37 Å². The third kappa shape index (κ3) is 3.99. The fourth-order valence-electron chi connectivity index (χ4n) is 3.10. The molecule has 0 radical (unpaired) electrons. The van der Waals surface area contributed by atoms with Crippen molar-refractivity contribution in [3.63, 3.8) is 0 Å². The van der Waals surface area contributed by atoms with Crippen molar-refractivity contribution in [2.75, 3.05) is 31.9 Å². The molecule has 1 aliphatic heterocycles. The molecule has 0 N–H and O–H groups in total. The average molecular weight is 398 g/mol. The predicted octanol–water partition coefficient (Wildman–Crippen LogP) is 3.37. The molecule has 1 saturated heterocycles. The Bertz CT molecular complexity index is 950. The molecule has 7 heteroatoms. The van der Waals surface area contributed by atoms with Crippen molar-refractivity contribution in [3.05, 3.63) is 60.3 Å². The molecule has 0 saturated carbocycles. The van der Waals surface area contributed by atoms with Gasteiger partial charge in [0.05, 0.1) is 10.5 Å². The summed E-state index contributed by atoms with van der Waals surface area (Å²) >= 11 is 2.90. The average Bonchev–Trinajstić information content (AvgIpc) is 3.16. The molecule has 2 aromatic carbocycles. The minimum absolute atomic E-state index is 0.0433. The van der Waals surface area contributed by atoms with Crippen LogP contribution in [0.25, 0.3) is 10.1 Å². The van der Waals surface area contributed by atoms with Gasteiger partial charge in [0.15, 0.2) is 0 Å². The highest BCUT2D eigenvalue weighted by atomic mass is 32.2. The number of fused-ring (bicyclic) bond motifs is 1. The van der Waals surface area contributed by atoms with Gasteiger partial charge in [-0.3, -0.25) is 9.59 Å². The molecule has 1 aliphatic rings. The van der Waals surface area contributed by atoms with E-state index in [1.54, 1.807) is 16.7 Å². The number of hydrogen-bond donors (Lipinski definition) is 0. The maximum Gasteiger partial charge on any atom is 0.274 e. The lowest BCUT2D eigenvalue weighted by Gasteiger charge is -2.34. The summed E-state index contributed by atoms with van der Waals surface area (Å²) in [5.41, 5.74) is 0.523. The van der Waals surface area contributed by atoms with Crippen LogP contribution >= 0.6 is 23.3 Å².